The Bertz CT molecular complexity index is 686. The van der Waals surface area contributed by atoms with Crippen molar-refractivity contribution < 1.29 is 14.7 Å². The molecule has 0 aliphatic carbocycles. The van der Waals surface area contributed by atoms with Crippen LogP contribution in [-0.2, 0) is 4.79 Å². The molecule has 0 saturated carbocycles. The first-order chi connectivity index (χ1) is 13.6. The molecule has 2 aliphatic rings. The minimum absolute atomic E-state index is 0.0451. The number of amides is 1. The Morgan fingerprint density at radius 2 is 1.96 bits per heavy atom. The number of nitrogens with zero attached hydrogens (tertiary/aromatic N) is 2. The lowest BCUT2D eigenvalue weighted by Gasteiger charge is -2.37. The Balaban J connectivity index is 1.74. The molecule has 6 nitrogen and oxygen atoms in total. The highest BCUT2D eigenvalue weighted by Gasteiger charge is 2.25. The van der Waals surface area contributed by atoms with Gasteiger partial charge in [0.25, 0.3) is 0 Å². The Hall–Kier alpha value is -2.08. The van der Waals surface area contributed by atoms with E-state index in [-0.39, 0.29) is 11.5 Å². The molecule has 2 saturated heterocycles. The first kappa shape index (κ1) is 20.6. The number of hydrogen-bond acceptors (Lipinski definition) is 4. The molecule has 1 amide bonds. The van der Waals surface area contributed by atoms with Crippen molar-refractivity contribution in [3.05, 3.63) is 23.8 Å². The van der Waals surface area contributed by atoms with Gasteiger partial charge in [-0.1, -0.05) is 13.3 Å². The number of benzene rings is 1. The van der Waals surface area contributed by atoms with E-state index in [1.807, 2.05) is 6.07 Å². The number of unbranched alkanes of at least 4 members (excludes halogenated alkanes) is 1. The lowest BCUT2D eigenvalue weighted by Crippen LogP contribution is -2.40. The number of rotatable bonds is 8. The molecule has 0 spiro atoms. The van der Waals surface area contributed by atoms with Crippen LogP contribution in [0.25, 0.3) is 0 Å². The summed E-state index contributed by atoms with van der Waals surface area (Å²) in [5, 5.41) is 12.3. The summed E-state index contributed by atoms with van der Waals surface area (Å²) in [4.78, 5) is 28.6. The average molecular weight is 388 g/mol. The van der Waals surface area contributed by atoms with Gasteiger partial charge < -0.3 is 20.2 Å². The summed E-state index contributed by atoms with van der Waals surface area (Å²) in [5.41, 5.74) is 1.78. The highest BCUT2D eigenvalue weighted by Crippen LogP contribution is 2.32. The Morgan fingerprint density at radius 1 is 1.18 bits per heavy atom. The lowest BCUT2D eigenvalue weighted by molar-refractivity contribution is -0.116. The number of likely N-dealkylation sites (tertiary alicyclic amines) is 1. The van der Waals surface area contributed by atoms with Crippen LogP contribution in [0.5, 0.6) is 0 Å². The van der Waals surface area contributed by atoms with E-state index in [1.165, 1.54) is 32.4 Å². The maximum absolute atomic E-state index is 12.3. The summed E-state index contributed by atoms with van der Waals surface area (Å²) >= 11 is 0. The van der Waals surface area contributed by atoms with Gasteiger partial charge >= 0.3 is 5.97 Å². The molecule has 2 aliphatic heterocycles. The number of carboxylic acids is 1. The van der Waals surface area contributed by atoms with Gasteiger partial charge in [0.05, 0.1) is 16.9 Å². The van der Waals surface area contributed by atoms with Gasteiger partial charge in [0, 0.05) is 26.1 Å². The zero-order valence-corrected chi connectivity index (χ0v) is 17.0. The number of nitrogens with one attached hydrogen (secondary N) is 1. The third kappa shape index (κ3) is 5.47. The quantitative estimate of drug-likeness (QED) is 0.709. The number of anilines is 2. The van der Waals surface area contributed by atoms with Crippen LogP contribution in [-0.4, -0.2) is 54.6 Å². The second-order valence-corrected chi connectivity index (χ2v) is 8.15. The third-order valence-electron chi connectivity index (χ3n) is 5.85. The topological polar surface area (TPSA) is 72.9 Å². The first-order valence-corrected chi connectivity index (χ1v) is 10.7. The fourth-order valence-electron chi connectivity index (χ4n) is 4.36. The summed E-state index contributed by atoms with van der Waals surface area (Å²) in [6.07, 6.45) is 7.23. The molecule has 1 aromatic carbocycles. The van der Waals surface area contributed by atoms with Crippen LogP contribution in [0.3, 0.4) is 0 Å². The molecule has 1 aromatic rings. The standard InChI is InChI=1S/C22H33N3O3/c1-2-3-8-21(26)23-19-14-18(22(27)28)9-10-20(19)25-13-6-7-17(16-25)15-24-11-4-5-12-24/h9-10,14,17H,2-8,11-13,15-16H2,1H3,(H,23,26)(H,27,28)/t17-/m0/s1. The van der Waals surface area contributed by atoms with Gasteiger partial charge in [-0.05, 0) is 69.3 Å². The zero-order chi connectivity index (χ0) is 19.9. The van der Waals surface area contributed by atoms with Crippen LogP contribution >= 0.6 is 0 Å². The normalized spacial score (nSPS) is 20.3. The smallest absolute Gasteiger partial charge is 0.335 e. The molecule has 1 atom stereocenters. The van der Waals surface area contributed by atoms with E-state index in [1.54, 1.807) is 12.1 Å². The second-order valence-electron chi connectivity index (χ2n) is 8.15. The van der Waals surface area contributed by atoms with Crippen molar-refractivity contribution in [1.29, 1.82) is 0 Å². The second kappa shape index (κ2) is 9.92. The minimum Gasteiger partial charge on any atom is -0.478 e. The first-order valence-electron chi connectivity index (χ1n) is 10.7. The number of carbonyl (C=O) groups excluding carboxylic acids is 1. The number of carbonyl (C=O) groups is 2. The molecule has 3 rings (SSSR count). The highest BCUT2D eigenvalue weighted by molar-refractivity contribution is 5.97. The van der Waals surface area contributed by atoms with Crippen molar-refractivity contribution in [2.45, 2.75) is 51.9 Å². The molecule has 2 fully saturated rings. The largest absolute Gasteiger partial charge is 0.478 e. The molecule has 0 aromatic heterocycles. The van der Waals surface area contributed by atoms with Crippen molar-refractivity contribution in [2.75, 3.05) is 42.9 Å². The van der Waals surface area contributed by atoms with Crippen molar-refractivity contribution in [2.24, 2.45) is 5.92 Å². The van der Waals surface area contributed by atoms with Crippen molar-refractivity contribution in [3.8, 4) is 0 Å². The van der Waals surface area contributed by atoms with E-state index >= 15 is 0 Å². The highest BCUT2D eigenvalue weighted by atomic mass is 16.4. The van der Waals surface area contributed by atoms with Gasteiger partial charge in [-0.2, -0.15) is 0 Å². The van der Waals surface area contributed by atoms with Crippen molar-refractivity contribution >= 4 is 23.3 Å². The van der Waals surface area contributed by atoms with Gasteiger partial charge in [0.1, 0.15) is 0 Å². The summed E-state index contributed by atoms with van der Waals surface area (Å²) < 4.78 is 0. The van der Waals surface area contributed by atoms with Gasteiger partial charge in [0.2, 0.25) is 5.91 Å². The molecule has 154 valence electrons. The molecule has 2 heterocycles. The Morgan fingerprint density at radius 3 is 2.68 bits per heavy atom. The van der Waals surface area contributed by atoms with Gasteiger partial charge in [-0.25, -0.2) is 4.79 Å². The Kier molecular flexibility index (Phi) is 7.31. The summed E-state index contributed by atoms with van der Waals surface area (Å²) in [6, 6.07) is 5.10. The molecule has 0 radical (unpaired) electrons. The SMILES string of the molecule is CCCCC(=O)Nc1cc(C(=O)O)ccc1N1CCC[C@@H](CN2CCCC2)C1. The molecule has 6 heteroatoms. The molecule has 28 heavy (non-hydrogen) atoms. The maximum Gasteiger partial charge on any atom is 0.335 e. The average Bonchev–Trinajstić information content (AvgIpc) is 3.19. The van der Waals surface area contributed by atoms with Crippen LogP contribution in [0.2, 0.25) is 0 Å². The summed E-state index contributed by atoms with van der Waals surface area (Å²) in [7, 11) is 0. The summed E-state index contributed by atoms with van der Waals surface area (Å²) in [6.45, 7) is 7.52. The molecule has 0 bridgehead atoms. The van der Waals surface area contributed by atoms with Crippen LogP contribution in [0.15, 0.2) is 18.2 Å². The number of hydrogen-bond donors (Lipinski definition) is 2. The summed E-state index contributed by atoms with van der Waals surface area (Å²) in [5.74, 6) is -0.396. The molecular formula is C22H33N3O3. The molecular weight excluding hydrogens is 354 g/mol. The monoisotopic (exact) mass is 387 g/mol. The van der Waals surface area contributed by atoms with E-state index in [9.17, 15) is 14.7 Å². The molecule has 2 N–H and O–H groups in total. The number of aromatic carboxylic acids is 1. The maximum atomic E-state index is 12.3. The van der Waals surface area contributed by atoms with E-state index in [2.05, 4.69) is 22.0 Å². The fourth-order valence-corrected chi connectivity index (χ4v) is 4.36. The lowest BCUT2D eigenvalue weighted by atomic mass is 9.96. The Labute approximate surface area is 167 Å². The van der Waals surface area contributed by atoms with Gasteiger partial charge in [-0.15, -0.1) is 0 Å². The van der Waals surface area contributed by atoms with Crippen molar-refractivity contribution in [3.63, 3.8) is 0 Å². The number of carboxylic acid groups (broad SMARTS) is 1. The van der Waals surface area contributed by atoms with E-state index < -0.39 is 5.97 Å². The van der Waals surface area contributed by atoms with Gasteiger partial charge in [0.15, 0.2) is 0 Å². The van der Waals surface area contributed by atoms with Crippen LogP contribution in [0.4, 0.5) is 11.4 Å². The van der Waals surface area contributed by atoms with Crippen LogP contribution in [0, 0.1) is 5.92 Å². The van der Waals surface area contributed by atoms with E-state index in [0.29, 0.717) is 18.0 Å². The van der Waals surface area contributed by atoms with E-state index in [0.717, 1.165) is 44.6 Å². The number of piperidine rings is 1. The minimum atomic E-state index is -0.971. The van der Waals surface area contributed by atoms with Crippen LogP contribution < -0.4 is 10.2 Å². The zero-order valence-electron chi connectivity index (χ0n) is 17.0. The molecule has 0 unspecified atom stereocenters. The van der Waals surface area contributed by atoms with Gasteiger partial charge in [-0.3, -0.25) is 4.79 Å². The predicted octanol–water partition coefficient (Wildman–Crippen LogP) is 3.83. The predicted molar refractivity (Wildman–Crippen MR) is 112 cm³/mol. The fraction of sp³-hybridized carbons (Fsp3) is 0.636. The van der Waals surface area contributed by atoms with E-state index in [4.69, 9.17) is 0 Å². The third-order valence-corrected chi connectivity index (χ3v) is 5.85. The van der Waals surface area contributed by atoms with Crippen LogP contribution in [0.1, 0.15) is 62.2 Å². The van der Waals surface area contributed by atoms with Crippen molar-refractivity contribution in [1.82, 2.24) is 4.90 Å².